The van der Waals surface area contributed by atoms with Crippen LogP contribution >= 0.6 is 0 Å². The molecule has 3 heteroatoms. The zero-order chi connectivity index (χ0) is 11.3. The van der Waals surface area contributed by atoms with Gasteiger partial charge in [-0.2, -0.15) is 0 Å². The Hall–Kier alpha value is -1.22. The van der Waals surface area contributed by atoms with Gasteiger partial charge in [0.15, 0.2) is 0 Å². The van der Waals surface area contributed by atoms with Gasteiger partial charge in [0.05, 0.1) is 6.61 Å². The lowest BCUT2D eigenvalue weighted by molar-refractivity contribution is 0.164. The summed E-state index contributed by atoms with van der Waals surface area (Å²) in [6, 6.07) is 5.34. The molecule has 0 fully saturated rings. The van der Waals surface area contributed by atoms with Crippen molar-refractivity contribution in [1.29, 1.82) is 0 Å². The van der Waals surface area contributed by atoms with Crippen molar-refractivity contribution in [3.63, 3.8) is 0 Å². The molecule has 0 radical (unpaired) electrons. The van der Waals surface area contributed by atoms with Gasteiger partial charge in [0.1, 0.15) is 5.75 Å². The van der Waals surface area contributed by atoms with Gasteiger partial charge >= 0.3 is 0 Å². The third kappa shape index (κ3) is 3.80. The molecule has 0 aliphatic carbocycles. The first-order valence-corrected chi connectivity index (χ1v) is 5.16. The molecule has 0 saturated heterocycles. The van der Waals surface area contributed by atoms with E-state index >= 15 is 0 Å². The molecule has 0 saturated carbocycles. The number of phenolic OH excluding ortho intramolecular Hbond substituents is 1. The van der Waals surface area contributed by atoms with Crippen LogP contribution in [0, 0.1) is 12.8 Å². The zero-order valence-corrected chi connectivity index (χ0v) is 9.58. The minimum Gasteiger partial charge on any atom is -0.508 e. The summed E-state index contributed by atoms with van der Waals surface area (Å²) in [5.74, 6) is 0.784. The van der Waals surface area contributed by atoms with Gasteiger partial charge in [0.2, 0.25) is 0 Å². The number of aryl methyl sites for hydroxylation is 1. The lowest BCUT2D eigenvalue weighted by Crippen LogP contribution is -2.16. The summed E-state index contributed by atoms with van der Waals surface area (Å²) < 4.78 is 5.06. The van der Waals surface area contributed by atoms with Crippen LogP contribution in [0.5, 0.6) is 5.75 Å². The van der Waals surface area contributed by atoms with Gasteiger partial charge in [-0.1, -0.05) is 6.92 Å². The molecular weight excluding hydrogens is 190 g/mol. The van der Waals surface area contributed by atoms with Gasteiger partial charge in [-0.3, -0.25) is 0 Å². The van der Waals surface area contributed by atoms with Crippen LogP contribution in [0.3, 0.4) is 0 Å². The number of phenols is 1. The molecule has 3 nitrogen and oxygen atoms in total. The Morgan fingerprint density at radius 3 is 2.80 bits per heavy atom. The van der Waals surface area contributed by atoms with Crippen molar-refractivity contribution in [2.45, 2.75) is 13.8 Å². The standard InChI is InChI=1S/C12H19NO2/c1-9(8-15-3)7-13-12-5-4-11(14)6-10(12)2/h4-6,9,13-14H,7-8H2,1-3H3. The lowest BCUT2D eigenvalue weighted by Gasteiger charge is -2.14. The summed E-state index contributed by atoms with van der Waals surface area (Å²) in [5, 5.41) is 12.6. The number of hydrogen-bond acceptors (Lipinski definition) is 3. The quantitative estimate of drug-likeness (QED) is 0.732. The highest BCUT2D eigenvalue weighted by Crippen LogP contribution is 2.20. The molecule has 0 bridgehead atoms. The molecule has 1 atom stereocenters. The van der Waals surface area contributed by atoms with Crippen LogP contribution in [0.2, 0.25) is 0 Å². The Labute approximate surface area is 91.1 Å². The van der Waals surface area contributed by atoms with Crippen molar-refractivity contribution in [3.05, 3.63) is 23.8 Å². The van der Waals surface area contributed by atoms with Gasteiger partial charge in [-0.15, -0.1) is 0 Å². The second kappa shape index (κ2) is 5.61. The van der Waals surface area contributed by atoms with E-state index in [0.29, 0.717) is 11.7 Å². The highest BCUT2D eigenvalue weighted by Gasteiger charge is 2.03. The Balaban J connectivity index is 2.50. The van der Waals surface area contributed by atoms with Crippen LogP contribution in [-0.4, -0.2) is 25.4 Å². The van der Waals surface area contributed by atoms with E-state index in [-0.39, 0.29) is 0 Å². The zero-order valence-electron chi connectivity index (χ0n) is 9.58. The predicted molar refractivity (Wildman–Crippen MR) is 62.4 cm³/mol. The highest BCUT2D eigenvalue weighted by atomic mass is 16.5. The summed E-state index contributed by atoms with van der Waals surface area (Å²) in [6.45, 7) is 5.73. The molecule has 0 heterocycles. The van der Waals surface area contributed by atoms with E-state index in [4.69, 9.17) is 4.74 Å². The first kappa shape index (κ1) is 11.9. The van der Waals surface area contributed by atoms with E-state index in [1.807, 2.05) is 13.0 Å². The fourth-order valence-corrected chi connectivity index (χ4v) is 1.47. The number of ether oxygens (including phenoxy) is 1. The molecule has 0 aliphatic rings. The Morgan fingerprint density at radius 1 is 1.47 bits per heavy atom. The summed E-state index contributed by atoms with van der Waals surface area (Å²) in [6.07, 6.45) is 0. The Kier molecular flexibility index (Phi) is 4.43. The summed E-state index contributed by atoms with van der Waals surface area (Å²) >= 11 is 0. The van der Waals surface area contributed by atoms with Gasteiger partial charge in [-0.25, -0.2) is 0 Å². The fraction of sp³-hybridized carbons (Fsp3) is 0.500. The van der Waals surface area contributed by atoms with Crippen LogP contribution in [0.4, 0.5) is 5.69 Å². The van der Waals surface area contributed by atoms with E-state index in [2.05, 4.69) is 12.2 Å². The molecule has 0 aliphatic heterocycles. The molecule has 0 amide bonds. The van der Waals surface area contributed by atoms with E-state index in [9.17, 15) is 5.11 Å². The Bertz CT molecular complexity index is 312. The Morgan fingerprint density at radius 2 is 2.20 bits per heavy atom. The third-order valence-corrected chi connectivity index (χ3v) is 2.30. The van der Waals surface area contributed by atoms with Crippen molar-refractivity contribution in [1.82, 2.24) is 0 Å². The number of anilines is 1. The molecule has 1 rings (SSSR count). The van der Waals surface area contributed by atoms with Crippen LogP contribution in [-0.2, 0) is 4.74 Å². The summed E-state index contributed by atoms with van der Waals surface area (Å²) in [7, 11) is 1.71. The molecule has 1 unspecified atom stereocenters. The second-order valence-corrected chi connectivity index (χ2v) is 3.94. The van der Waals surface area contributed by atoms with Crippen LogP contribution < -0.4 is 5.32 Å². The number of rotatable bonds is 5. The molecule has 1 aromatic carbocycles. The lowest BCUT2D eigenvalue weighted by atomic mass is 10.1. The minimum atomic E-state index is 0.308. The topological polar surface area (TPSA) is 41.5 Å². The van der Waals surface area contributed by atoms with Gasteiger partial charge in [-0.05, 0) is 36.6 Å². The summed E-state index contributed by atoms with van der Waals surface area (Å²) in [5.41, 5.74) is 2.12. The van der Waals surface area contributed by atoms with E-state index in [1.165, 1.54) is 0 Å². The first-order chi connectivity index (χ1) is 7.13. The number of aromatic hydroxyl groups is 1. The van der Waals surface area contributed by atoms with Crippen molar-refractivity contribution >= 4 is 5.69 Å². The van der Waals surface area contributed by atoms with Crippen LogP contribution in [0.1, 0.15) is 12.5 Å². The minimum absolute atomic E-state index is 0.308. The molecule has 0 aromatic heterocycles. The maximum absolute atomic E-state index is 9.25. The molecule has 2 N–H and O–H groups in total. The van der Waals surface area contributed by atoms with Crippen molar-refractivity contribution in [2.24, 2.45) is 5.92 Å². The molecule has 84 valence electrons. The monoisotopic (exact) mass is 209 g/mol. The fourth-order valence-electron chi connectivity index (χ4n) is 1.47. The highest BCUT2D eigenvalue weighted by molar-refractivity contribution is 5.53. The molecule has 0 spiro atoms. The van der Waals surface area contributed by atoms with E-state index in [1.54, 1.807) is 19.2 Å². The largest absolute Gasteiger partial charge is 0.508 e. The number of hydrogen-bond donors (Lipinski definition) is 2. The van der Waals surface area contributed by atoms with Crippen molar-refractivity contribution < 1.29 is 9.84 Å². The number of benzene rings is 1. The van der Waals surface area contributed by atoms with Gasteiger partial charge < -0.3 is 15.2 Å². The second-order valence-electron chi connectivity index (χ2n) is 3.94. The van der Waals surface area contributed by atoms with Gasteiger partial charge in [0, 0.05) is 19.3 Å². The predicted octanol–water partition coefficient (Wildman–Crippen LogP) is 2.40. The third-order valence-electron chi connectivity index (χ3n) is 2.30. The summed E-state index contributed by atoms with van der Waals surface area (Å²) in [4.78, 5) is 0. The average Bonchev–Trinajstić information content (AvgIpc) is 2.17. The van der Waals surface area contributed by atoms with Crippen molar-refractivity contribution in [3.8, 4) is 5.75 Å². The van der Waals surface area contributed by atoms with E-state index in [0.717, 1.165) is 24.4 Å². The average molecular weight is 209 g/mol. The molecule has 15 heavy (non-hydrogen) atoms. The number of nitrogens with one attached hydrogen (secondary N) is 1. The maximum Gasteiger partial charge on any atom is 0.115 e. The van der Waals surface area contributed by atoms with Crippen LogP contribution in [0.15, 0.2) is 18.2 Å². The van der Waals surface area contributed by atoms with E-state index < -0.39 is 0 Å². The van der Waals surface area contributed by atoms with Crippen LogP contribution in [0.25, 0.3) is 0 Å². The molecular formula is C12H19NO2. The number of methoxy groups -OCH3 is 1. The van der Waals surface area contributed by atoms with Gasteiger partial charge in [0.25, 0.3) is 0 Å². The van der Waals surface area contributed by atoms with Crippen molar-refractivity contribution in [2.75, 3.05) is 25.6 Å². The smallest absolute Gasteiger partial charge is 0.115 e. The first-order valence-electron chi connectivity index (χ1n) is 5.16. The molecule has 1 aromatic rings. The normalized spacial score (nSPS) is 12.5. The maximum atomic E-state index is 9.25. The SMILES string of the molecule is COCC(C)CNc1ccc(O)cc1C.